The Hall–Kier alpha value is -2.40. The van der Waals surface area contributed by atoms with Gasteiger partial charge in [0.1, 0.15) is 5.82 Å². The number of halogens is 1. The van der Waals surface area contributed by atoms with E-state index in [4.69, 9.17) is 0 Å². The van der Waals surface area contributed by atoms with Crippen molar-refractivity contribution in [1.29, 1.82) is 0 Å². The fourth-order valence-electron chi connectivity index (χ4n) is 4.53. The molecule has 2 aromatic carbocycles. The van der Waals surface area contributed by atoms with Crippen LogP contribution in [0.25, 0.3) is 0 Å². The van der Waals surface area contributed by atoms with E-state index < -0.39 is 0 Å². The van der Waals surface area contributed by atoms with Crippen LogP contribution in [0.2, 0.25) is 0 Å². The lowest BCUT2D eigenvalue weighted by Gasteiger charge is -2.34. The second-order valence-corrected chi connectivity index (χ2v) is 8.49. The van der Waals surface area contributed by atoms with Gasteiger partial charge in [-0.3, -0.25) is 4.79 Å². The fraction of sp³-hybridized carbons (Fsp3) is 0.480. The van der Waals surface area contributed by atoms with Gasteiger partial charge in [-0.25, -0.2) is 4.39 Å². The molecular weight excluding hydrogens is 377 g/mol. The van der Waals surface area contributed by atoms with Crippen molar-refractivity contribution in [2.24, 2.45) is 0 Å². The molecule has 0 radical (unpaired) electrons. The quantitative estimate of drug-likeness (QED) is 0.756. The number of nitrogens with one attached hydrogen (secondary N) is 1. The Labute approximate surface area is 179 Å². The molecule has 2 saturated heterocycles. The smallest absolute Gasteiger partial charge is 0.226 e. The lowest BCUT2D eigenvalue weighted by Crippen LogP contribution is -2.43. The third-order valence-corrected chi connectivity index (χ3v) is 6.40. The lowest BCUT2D eigenvalue weighted by molar-refractivity contribution is -0.129. The summed E-state index contributed by atoms with van der Waals surface area (Å²) in [5, 5.41) is 3.59. The second-order valence-electron chi connectivity index (χ2n) is 8.49. The monoisotopic (exact) mass is 409 g/mol. The predicted octanol–water partition coefficient (Wildman–Crippen LogP) is 3.79. The van der Waals surface area contributed by atoms with E-state index in [0.717, 1.165) is 76.0 Å². The summed E-state index contributed by atoms with van der Waals surface area (Å²) in [6.07, 6.45) is 5.69. The maximum absolute atomic E-state index is 13.7. The molecule has 2 aliphatic heterocycles. The summed E-state index contributed by atoms with van der Waals surface area (Å²) in [5.41, 5.74) is 3.11. The van der Waals surface area contributed by atoms with Crippen molar-refractivity contribution in [2.75, 3.05) is 37.6 Å². The highest BCUT2D eigenvalue weighted by molar-refractivity contribution is 5.79. The van der Waals surface area contributed by atoms with Gasteiger partial charge >= 0.3 is 0 Å². The Morgan fingerprint density at radius 3 is 2.37 bits per heavy atom. The van der Waals surface area contributed by atoms with E-state index in [0.29, 0.717) is 12.5 Å². The molecule has 0 spiro atoms. The molecule has 0 unspecified atom stereocenters. The zero-order valence-corrected chi connectivity index (χ0v) is 17.7. The molecule has 1 amide bonds. The number of carbonyl (C=O) groups excluding carboxylic acids is 1. The highest BCUT2D eigenvalue weighted by atomic mass is 19.1. The average molecular weight is 410 g/mol. The van der Waals surface area contributed by atoms with Gasteiger partial charge in [0, 0.05) is 37.9 Å². The SMILES string of the molecule is O=C(Cc1ccc(N2CCC(NCCc3ccccc3F)CC2)cc1)N1CCCC1. The van der Waals surface area contributed by atoms with Crippen LogP contribution in [0.15, 0.2) is 48.5 Å². The third-order valence-electron chi connectivity index (χ3n) is 6.40. The number of anilines is 1. The molecule has 0 bridgehead atoms. The summed E-state index contributed by atoms with van der Waals surface area (Å²) in [4.78, 5) is 16.7. The first-order valence-corrected chi connectivity index (χ1v) is 11.3. The minimum atomic E-state index is -0.111. The van der Waals surface area contributed by atoms with Crippen LogP contribution >= 0.6 is 0 Å². The lowest BCUT2D eigenvalue weighted by atomic mass is 10.0. The first kappa shape index (κ1) is 20.9. The van der Waals surface area contributed by atoms with E-state index in [-0.39, 0.29) is 11.7 Å². The number of nitrogens with zero attached hydrogens (tertiary/aromatic N) is 2. The minimum absolute atomic E-state index is 0.111. The van der Waals surface area contributed by atoms with Gasteiger partial charge in [-0.05, 0) is 68.0 Å². The topological polar surface area (TPSA) is 35.6 Å². The van der Waals surface area contributed by atoms with Crippen molar-refractivity contribution in [1.82, 2.24) is 10.2 Å². The van der Waals surface area contributed by atoms with E-state index >= 15 is 0 Å². The predicted molar refractivity (Wildman–Crippen MR) is 119 cm³/mol. The Kier molecular flexibility index (Phi) is 7.00. The van der Waals surface area contributed by atoms with E-state index in [9.17, 15) is 9.18 Å². The molecule has 2 aromatic rings. The molecule has 4 rings (SSSR count). The third kappa shape index (κ3) is 5.39. The number of benzene rings is 2. The number of carbonyl (C=O) groups is 1. The molecule has 0 aromatic heterocycles. The molecule has 160 valence electrons. The Balaban J connectivity index is 1.20. The standard InChI is InChI=1S/C25H32FN3O/c26-24-6-2-1-5-21(24)11-14-27-22-12-17-28(18-13-22)23-9-7-20(8-10-23)19-25(30)29-15-3-4-16-29/h1-2,5-10,22,27H,3-4,11-19H2. The molecule has 2 fully saturated rings. The highest BCUT2D eigenvalue weighted by Crippen LogP contribution is 2.21. The van der Waals surface area contributed by atoms with Crippen LogP contribution in [-0.4, -0.2) is 49.6 Å². The van der Waals surface area contributed by atoms with Crippen molar-refractivity contribution in [3.8, 4) is 0 Å². The molecule has 0 atom stereocenters. The molecule has 4 nitrogen and oxygen atoms in total. The molecule has 5 heteroatoms. The molecule has 2 aliphatic rings. The normalized spacial score (nSPS) is 17.5. The highest BCUT2D eigenvalue weighted by Gasteiger charge is 2.20. The van der Waals surface area contributed by atoms with E-state index in [2.05, 4.69) is 34.5 Å². The number of amides is 1. The van der Waals surface area contributed by atoms with Gasteiger partial charge in [0.25, 0.3) is 0 Å². The number of likely N-dealkylation sites (tertiary alicyclic amines) is 1. The van der Waals surface area contributed by atoms with Gasteiger partial charge < -0.3 is 15.1 Å². The van der Waals surface area contributed by atoms with Crippen molar-refractivity contribution in [3.63, 3.8) is 0 Å². The minimum Gasteiger partial charge on any atom is -0.371 e. The Morgan fingerprint density at radius 2 is 1.67 bits per heavy atom. The van der Waals surface area contributed by atoms with Gasteiger partial charge in [0.2, 0.25) is 5.91 Å². The summed E-state index contributed by atoms with van der Waals surface area (Å²) >= 11 is 0. The van der Waals surface area contributed by atoms with Crippen molar-refractivity contribution in [3.05, 3.63) is 65.5 Å². The van der Waals surface area contributed by atoms with E-state index in [1.54, 1.807) is 6.07 Å². The van der Waals surface area contributed by atoms with Crippen LogP contribution in [-0.2, 0) is 17.6 Å². The number of piperidine rings is 1. The van der Waals surface area contributed by atoms with Crippen LogP contribution in [0.4, 0.5) is 10.1 Å². The zero-order valence-electron chi connectivity index (χ0n) is 17.7. The van der Waals surface area contributed by atoms with Crippen molar-refractivity contribution >= 4 is 11.6 Å². The first-order valence-electron chi connectivity index (χ1n) is 11.3. The maximum Gasteiger partial charge on any atom is 0.226 e. The van der Waals surface area contributed by atoms with Gasteiger partial charge in [-0.2, -0.15) is 0 Å². The van der Waals surface area contributed by atoms with Crippen LogP contribution < -0.4 is 10.2 Å². The van der Waals surface area contributed by atoms with Gasteiger partial charge in [0.15, 0.2) is 0 Å². The van der Waals surface area contributed by atoms with Crippen LogP contribution in [0, 0.1) is 5.82 Å². The molecule has 0 aliphatic carbocycles. The van der Waals surface area contributed by atoms with Crippen LogP contribution in [0.5, 0.6) is 0 Å². The summed E-state index contributed by atoms with van der Waals surface area (Å²) < 4.78 is 13.7. The number of hydrogen-bond donors (Lipinski definition) is 1. The number of hydrogen-bond acceptors (Lipinski definition) is 3. The van der Waals surface area contributed by atoms with Crippen LogP contribution in [0.1, 0.15) is 36.8 Å². The molecule has 1 N–H and O–H groups in total. The maximum atomic E-state index is 13.7. The molecule has 30 heavy (non-hydrogen) atoms. The average Bonchev–Trinajstić information content (AvgIpc) is 3.31. The molecule has 0 saturated carbocycles. The van der Waals surface area contributed by atoms with E-state index in [1.807, 2.05) is 17.0 Å². The van der Waals surface area contributed by atoms with Crippen LogP contribution in [0.3, 0.4) is 0 Å². The Morgan fingerprint density at radius 1 is 0.967 bits per heavy atom. The summed E-state index contributed by atoms with van der Waals surface area (Å²) in [6, 6.07) is 16.0. The second kappa shape index (κ2) is 10.1. The van der Waals surface area contributed by atoms with Crippen molar-refractivity contribution < 1.29 is 9.18 Å². The van der Waals surface area contributed by atoms with Gasteiger partial charge in [0.05, 0.1) is 6.42 Å². The number of rotatable bonds is 7. The Bertz CT molecular complexity index is 825. The fourth-order valence-corrected chi connectivity index (χ4v) is 4.53. The van der Waals surface area contributed by atoms with Gasteiger partial charge in [-0.15, -0.1) is 0 Å². The van der Waals surface area contributed by atoms with E-state index in [1.165, 1.54) is 11.8 Å². The summed E-state index contributed by atoms with van der Waals surface area (Å²) in [7, 11) is 0. The molecule has 2 heterocycles. The summed E-state index contributed by atoms with van der Waals surface area (Å²) in [5.74, 6) is 0.141. The molecular formula is C25H32FN3O. The van der Waals surface area contributed by atoms with Gasteiger partial charge in [-0.1, -0.05) is 30.3 Å². The first-order chi connectivity index (χ1) is 14.7. The largest absolute Gasteiger partial charge is 0.371 e. The van der Waals surface area contributed by atoms with Crippen molar-refractivity contribution in [2.45, 2.75) is 44.6 Å². The zero-order chi connectivity index (χ0) is 20.8. The summed E-state index contributed by atoms with van der Waals surface area (Å²) in [6.45, 7) is 4.68.